The molecule has 3 fully saturated rings. The van der Waals surface area contributed by atoms with Crippen molar-refractivity contribution in [1.82, 2.24) is 5.32 Å². The molecule has 0 spiro atoms. The number of amides is 1. The SMILES string of the molecule is CO[C@]1(C)OC2(C(=O)NC(CC(=O)O)C(=O)O)O[C@](C)([C@H]2C)C1(C)O. The number of hydrogen-bond acceptors (Lipinski definition) is 7. The van der Waals surface area contributed by atoms with Crippen LogP contribution in [0.15, 0.2) is 0 Å². The maximum absolute atomic E-state index is 12.7. The lowest BCUT2D eigenvalue weighted by Crippen LogP contribution is -2.89. The van der Waals surface area contributed by atoms with Gasteiger partial charge in [0.1, 0.15) is 17.2 Å². The summed E-state index contributed by atoms with van der Waals surface area (Å²) in [6.07, 6.45) is -0.804. The monoisotopic (exact) mass is 361 g/mol. The lowest BCUT2D eigenvalue weighted by Gasteiger charge is -2.71. The Balaban J connectivity index is 2.31. The van der Waals surface area contributed by atoms with Crippen LogP contribution in [0.2, 0.25) is 0 Å². The molecule has 10 heteroatoms. The highest BCUT2D eigenvalue weighted by Gasteiger charge is 2.82. The zero-order valence-corrected chi connectivity index (χ0v) is 14.7. The Labute approximate surface area is 144 Å². The van der Waals surface area contributed by atoms with Gasteiger partial charge in [0, 0.05) is 7.11 Å². The van der Waals surface area contributed by atoms with Crippen molar-refractivity contribution in [2.45, 2.75) is 62.9 Å². The molecule has 10 nitrogen and oxygen atoms in total. The third-order valence-electron chi connectivity index (χ3n) is 5.65. The van der Waals surface area contributed by atoms with Crippen LogP contribution in [-0.2, 0) is 28.6 Å². The van der Waals surface area contributed by atoms with E-state index in [0.717, 1.165) is 0 Å². The fraction of sp³-hybridized carbons (Fsp3) is 0.800. The summed E-state index contributed by atoms with van der Waals surface area (Å²) in [5.74, 6) is -7.98. The van der Waals surface area contributed by atoms with E-state index in [1.807, 2.05) is 0 Å². The molecule has 0 radical (unpaired) electrons. The van der Waals surface area contributed by atoms with Gasteiger partial charge in [0.2, 0.25) is 5.79 Å². The second-order valence-corrected chi connectivity index (χ2v) is 6.88. The number of methoxy groups -OCH3 is 1. The first-order chi connectivity index (χ1) is 11.3. The van der Waals surface area contributed by atoms with Gasteiger partial charge in [-0.05, 0) is 20.8 Å². The molecule has 3 heterocycles. The van der Waals surface area contributed by atoms with Gasteiger partial charge in [-0.2, -0.15) is 0 Å². The van der Waals surface area contributed by atoms with Crippen molar-refractivity contribution >= 4 is 17.8 Å². The molecule has 0 aromatic heterocycles. The van der Waals surface area contributed by atoms with E-state index in [4.69, 9.17) is 24.4 Å². The summed E-state index contributed by atoms with van der Waals surface area (Å²) in [5, 5.41) is 30.8. The van der Waals surface area contributed by atoms with E-state index in [0.29, 0.717) is 0 Å². The number of aliphatic hydroxyl groups is 1. The first-order valence-corrected chi connectivity index (χ1v) is 7.71. The Hall–Kier alpha value is -1.75. The van der Waals surface area contributed by atoms with Crippen LogP contribution in [0, 0.1) is 5.92 Å². The highest BCUT2D eigenvalue weighted by molar-refractivity contribution is 5.91. The van der Waals surface area contributed by atoms with Gasteiger partial charge in [-0.25, -0.2) is 4.79 Å². The topological polar surface area (TPSA) is 152 Å². The van der Waals surface area contributed by atoms with E-state index in [1.165, 1.54) is 21.0 Å². The highest BCUT2D eigenvalue weighted by Crippen LogP contribution is 2.62. The van der Waals surface area contributed by atoms with Gasteiger partial charge in [0.15, 0.2) is 0 Å². The zero-order chi connectivity index (χ0) is 19.4. The Morgan fingerprint density at radius 3 is 2.16 bits per heavy atom. The number of carboxylic acid groups (broad SMARTS) is 2. The van der Waals surface area contributed by atoms with Crippen LogP contribution in [0.25, 0.3) is 0 Å². The predicted octanol–water partition coefficient (Wildman–Crippen LogP) is -0.704. The summed E-state index contributed by atoms with van der Waals surface area (Å²) in [5.41, 5.74) is -2.80. The van der Waals surface area contributed by atoms with Crippen LogP contribution in [0.4, 0.5) is 0 Å². The number of hydrogen-bond donors (Lipinski definition) is 4. The number of rotatable bonds is 6. The highest BCUT2D eigenvalue weighted by atomic mass is 16.8. The fourth-order valence-corrected chi connectivity index (χ4v) is 3.43. The molecule has 4 N–H and O–H groups in total. The zero-order valence-electron chi connectivity index (χ0n) is 14.7. The van der Waals surface area contributed by atoms with Crippen LogP contribution >= 0.6 is 0 Å². The summed E-state index contributed by atoms with van der Waals surface area (Å²) in [7, 11) is 1.29. The van der Waals surface area contributed by atoms with E-state index < -0.39 is 59.0 Å². The first-order valence-electron chi connectivity index (χ1n) is 7.71. The normalized spacial score (nSPS) is 43.7. The fourth-order valence-electron chi connectivity index (χ4n) is 3.43. The molecule has 142 valence electrons. The molecule has 3 unspecified atom stereocenters. The standard InChI is InChI=1S/C15H23NO9/c1-7-12(2)13(3,22)14(4,23-5)25-15(7,24-12)11(21)16-8(10(19)20)6-9(17)18/h7-8,22H,6H2,1-5H3,(H,16,21)(H,17,18)(H,19,20)/t7-,8?,12-,13?,14-,15?/m1/s1. The minimum atomic E-state index is -1.89. The Kier molecular flexibility index (Phi) is 4.41. The van der Waals surface area contributed by atoms with Crippen LogP contribution in [0.1, 0.15) is 34.1 Å². The van der Waals surface area contributed by atoms with Gasteiger partial charge >= 0.3 is 11.9 Å². The van der Waals surface area contributed by atoms with Crippen LogP contribution < -0.4 is 5.32 Å². The van der Waals surface area contributed by atoms with Crippen molar-refractivity contribution in [2.24, 2.45) is 5.92 Å². The van der Waals surface area contributed by atoms with Crippen molar-refractivity contribution in [3.8, 4) is 0 Å². The second-order valence-electron chi connectivity index (χ2n) is 6.88. The average Bonchev–Trinajstić information content (AvgIpc) is 2.50. The molecule has 3 aliphatic rings. The smallest absolute Gasteiger partial charge is 0.326 e. The van der Waals surface area contributed by atoms with Crippen LogP contribution in [0.5, 0.6) is 0 Å². The van der Waals surface area contributed by atoms with E-state index in [-0.39, 0.29) is 0 Å². The van der Waals surface area contributed by atoms with Crippen LogP contribution in [-0.4, -0.2) is 69.1 Å². The van der Waals surface area contributed by atoms with Crippen molar-refractivity contribution in [3.05, 3.63) is 0 Å². The maximum atomic E-state index is 12.7. The number of carbonyl (C=O) groups is 3. The predicted molar refractivity (Wildman–Crippen MR) is 80.3 cm³/mol. The lowest BCUT2D eigenvalue weighted by molar-refractivity contribution is -0.550. The quantitative estimate of drug-likeness (QED) is 0.481. The number of fused-ring (bicyclic) bond motifs is 2. The number of nitrogens with one attached hydrogen (secondary N) is 1. The molecular formula is C15H23NO9. The Morgan fingerprint density at radius 1 is 1.20 bits per heavy atom. The van der Waals surface area contributed by atoms with Gasteiger partial charge in [-0.15, -0.1) is 0 Å². The first kappa shape index (κ1) is 19.6. The molecule has 0 aromatic rings. The minimum absolute atomic E-state index is 0.655. The average molecular weight is 361 g/mol. The molecule has 3 aliphatic heterocycles. The van der Waals surface area contributed by atoms with E-state index in [2.05, 4.69) is 5.32 Å². The molecule has 3 saturated heterocycles. The van der Waals surface area contributed by atoms with Gasteiger partial charge in [-0.1, -0.05) is 6.92 Å². The maximum Gasteiger partial charge on any atom is 0.326 e. The molecule has 0 saturated carbocycles. The summed E-state index contributed by atoms with van der Waals surface area (Å²) in [6, 6.07) is -1.65. The summed E-state index contributed by atoms with van der Waals surface area (Å²) in [4.78, 5) is 34.6. The van der Waals surface area contributed by atoms with Crippen molar-refractivity contribution < 1.29 is 43.9 Å². The molecule has 0 aliphatic carbocycles. The summed E-state index contributed by atoms with van der Waals surface area (Å²) < 4.78 is 16.5. The van der Waals surface area contributed by atoms with Gasteiger partial charge in [0.25, 0.3) is 11.7 Å². The third-order valence-corrected chi connectivity index (χ3v) is 5.65. The van der Waals surface area contributed by atoms with Gasteiger partial charge in [-0.3, -0.25) is 9.59 Å². The second kappa shape index (κ2) is 5.63. The molecule has 0 aromatic carbocycles. The van der Waals surface area contributed by atoms with E-state index in [9.17, 15) is 19.5 Å². The molecule has 2 bridgehead atoms. The number of aliphatic carboxylic acids is 2. The minimum Gasteiger partial charge on any atom is -0.481 e. The Bertz CT molecular complexity index is 614. The van der Waals surface area contributed by atoms with E-state index in [1.54, 1.807) is 13.8 Å². The summed E-state index contributed by atoms with van der Waals surface area (Å²) >= 11 is 0. The van der Waals surface area contributed by atoms with Crippen molar-refractivity contribution in [2.75, 3.05) is 7.11 Å². The van der Waals surface area contributed by atoms with Crippen molar-refractivity contribution in [1.29, 1.82) is 0 Å². The number of carboxylic acids is 2. The third kappa shape index (κ3) is 2.43. The molecule has 25 heavy (non-hydrogen) atoms. The molecule has 1 amide bonds. The lowest BCUT2D eigenvalue weighted by atomic mass is 9.61. The van der Waals surface area contributed by atoms with Crippen LogP contribution in [0.3, 0.4) is 0 Å². The van der Waals surface area contributed by atoms with Gasteiger partial charge < -0.3 is 34.8 Å². The summed E-state index contributed by atoms with van der Waals surface area (Å²) in [6.45, 7) is 6.10. The number of carbonyl (C=O) groups excluding carboxylic acids is 1. The van der Waals surface area contributed by atoms with Gasteiger partial charge in [0.05, 0.1) is 12.3 Å². The largest absolute Gasteiger partial charge is 0.481 e. The van der Waals surface area contributed by atoms with E-state index >= 15 is 0 Å². The molecule has 6 atom stereocenters. The molecule has 3 rings (SSSR count). The Morgan fingerprint density at radius 2 is 1.76 bits per heavy atom. The number of ether oxygens (including phenoxy) is 3. The van der Waals surface area contributed by atoms with Crippen molar-refractivity contribution in [3.63, 3.8) is 0 Å². The molecular weight excluding hydrogens is 338 g/mol.